The predicted octanol–water partition coefficient (Wildman–Crippen LogP) is 1.66. The zero-order chi connectivity index (χ0) is 10.3. The van der Waals surface area contributed by atoms with Crippen LogP contribution in [0, 0.1) is 6.92 Å². The predicted molar refractivity (Wildman–Crippen MR) is 54.5 cm³/mol. The molecule has 1 aliphatic rings. The second-order valence-corrected chi connectivity index (χ2v) is 4.00. The molecule has 3 heteroatoms. The summed E-state index contributed by atoms with van der Waals surface area (Å²) in [6, 6.07) is 3.76. The molecule has 1 aromatic rings. The normalized spacial score (nSPS) is 17.9. The summed E-state index contributed by atoms with van der Waals surface area (Å²) in [7, 11) is 1.55. The van der Waals surface area contributed by atoms with Gasteiger partial charge in [0, 0.05) is 5.54 Å². The number of hydrogen-bond acceptors (Lipinski definition) is 3. The second-order valence-electron chi connectivity index (χ2n) is 4.00. The van der Waals surface area contributed by atoms with Gasteiger partial charge in [0.1, 0.15) is 0 Å². The Morgan fingerprint density at radius 1 is 1.43 bits per heavy atom. The van der Waals surface area contributed by atoms with Crippen LogP contribution in [0.1, 0.15) is 24.0 Å². The van der Waals surface area contributed by atoms with E-state index in [2.05, 4.69) is 0 Å². The van der Waals surface area contributed by atoms with Crippen molar-refractivity contribution in [3.05, 3.63) is 23.3 Å². The van der Waals surface area contributed by atoms with Gasteiger partial charge >= 0.3 is 0 Å². The highest BCUT2D eigenvalue weighted by Gasteiger charge is 2.40. The Hall–Kier alpha value is -1.22. The summed E-state index contributed by atoms with van der Waals surface area (Å²) in [6.07, 6.45) is 2.03. The van der Waals surface area contributed by atoms with Gasteiger partial charge in [-0.15, -0.1) is 0 Å². The van der Waals surface area contributed by atoms with Crippen LogP contribution >= 0.6 is 0 Å². The highest BCUT2D eigenvalue weighted by molar-refractivity contribution is 5.50. The molecule has 3 N–H and O–H groups in total. The molecule has 0 radical (unpaired) electrons. The fraction of sp³-hybridized carbons (Fsp3) is 0.455. The van der Waals surface area contributed by atoms with E-state index < -0.39 is 0 Å². The quantitative estimate of drug-likeness (QED) is 0.751. The third-order valence-electron chi connectivity index (χ3n) is 2.85. The van der Waals surface area contributed by atoms with Crippen molar-refractivity contribution >= 4 is 0 Å². The number of benzene rings is 1. The number of rotatable bonds is 2. The first-order chi connectivity index (χ1) is 6.57. The van der Waals surface area contributed by atoms with Crippen LogP contribution in [0.3, 0.4) is 0 Å². The molecule has 14 heavy (non-hydrogen) atoms. The van der Waals surface area contributed by atoms with Gasteiger partial charge in [0.15, 0.2) is 11.5 Å². The molecule has 0 heterocycles. The number of aromatic hydroxyl groups is 1. The molecule has 76 valence electrons. The summed E-state index contributed by atoms with van der Waals surface area (Å²) in [5.41, 5.74) is 7.77. The molecule has 0 atom stereocenters. The average molecular weight is 193 g/mol. The highest BCUT2D eigenvalue weighted by Crippen LogP contribution is 2.45. The minimum atomic E-state index is -0.175. The molecule has 0 aliphatic heterocycles. The van der Waals surface area contributed by atoms with Gasteiger partial charge in [0.25, 0.3) is 0 Å². The van der Waals surface area contributed by atoms with Gasteiger partial charge in [-0.2, -0.15) is 0 Å². The fourth-order valence-electron chi connectivity index (χ4n) is 1.61. The lowest BCUT2D eigenvalue weighted by molar-refractivity contribution is 0.370. The molecule has 3 nitrogen and oxygen atoms in total. The number of ether oxygens (including phenoxy) is 1. The van der Waals surface area contributed by atoms with Crippen molar-refractivity contribution in [1.82, 2.24) is 0 Å². The fourth-order valence-corrected chi connectivity index (χ4v) is 1.61. The van der Waals surface area contributed by atoms with E-state index in [4.69, 9.17) is 10.5 Å². The lowest BCUT2D eigenvalue weighted by atomic mass is 10.0. The van der Waals surface area contributed by atoms with Gasteiger partial charge < -0.3 is 15.6 Å². The Labute approximate surface area is 83.5 Å². The van der Waals surface area contributed by atoms with Crippen molar-refractivity contribution in [3.8, 4) is 11.5 Å². The lowest BCUT2D eigenvalue weighted by Gasteiger charge is -2.13. The van der Waals surface area contributed by atoms with Crippen molar-refractivity contribution < 1.29 is 9.84 Å². The van der Waals surface area contributed by atoms with Gasteiger partial charge in [0.05, 0.1) is 7.11 Å². The topological polar surface area (TPSA) is 55.5 Å². The SMILES string of the molecule is COc1cc(C2(N)CC2)cc(C)c1O. The lowest BCUT2D eigenvalue weighted by Crippen LogP contribution is -2.18. The van der Waals surface area contributed by atoms with E-state index >= 15 is 0 Å². The molecule has 1 aromatic carbocycles. The van der Waals surface area contributed by atoms with E-state index in [1.165, 1.54) is 0 Å². The van der Waals surface area contributed by atoms with E-state index in [1.54, 1.807) is 7.11 Å². The molecular formula is C11H15NO2. The van der Waals surface area contributed by atoms with Crippen LogP contribution in [0.4, 0.5) is 0 Å². The van der Waals surface area contributed by atoms with Gasteiger partial charge in [-0.05, 0) is 37.0 Å². The summed E-state index contributed by atoms with van der Waals surface area (Å²) >= 11 is 0. The summed E-state index contributed by atoms with van der Waals surface area (Å²) in [5.74, 6) is 0.720. The largest absolute Gasteiger partial charge is 0.504 e. The molecule has 0 aromatic heterocycles. The Bertz CT molecular complexity index is 370. The first kappa shape index (κ1) is 9.34. The molecule has 0 spiro atoms. The van der Waals surface area contributed by atoms with Crippen molar-refractivity contribution in [2.24, 2.45) is 5.73 Å². The zero-order valence-electron chi connectivity index (χ0n) is 8.50. The molecule has 1 aliphatic carbocycles. The maximum Gasteiger partial charge on any atom is 0.161 e. The number of hydrogen-bond donors (Lipinski definition) is 2. The van der Waals surface area contributed by atoms with Gasteiger partial charge in [-0.3, -0.25) is 0 Å². The molecule has 1 saturated carbocycles. The number of phenols is 1. The van der Waals surface area contributed by atoms with E-state index in [1.807, 2.05) is 19.1 Å². The average Bonchev–Trinajstić information content (AvgIpc) is 2.89. The minimum absolute atomic E-state index is 0.175. The van der Waals surface area contributed by atoms with E-state index in [0.29, 0.717) is 5.75 Å². The summed E-state index contributed by atoms with van der Waals surface area (Å²) in [4.78, 5) is 0. The van der Waals surface area contributed by atoms with E-state index in [9.17, 15) is 5.11 Å². The molecule has 2 rings (SSSR count). The Kier molecular flexibility index (Phi) is 1.93. The van der Waals surface area contributed by atoms with Crippen molar-refractivity contribution in [2.45, 2.75) is 25.3 Å². The molecule has 1 fully saturated rings. The Balaban J connectivity index is 2.48. The monoisotopic (exact) mass is 193 g/mol. The van der Waals surface area contributed by atoms with Crippen LogP contribution in [-0.4, -0.2) is 12.2 Å². The van der Waals surface area contributed by atoms with Gasteiger partial charge in [-0.25, -0.2) is 0 Å². The summed E-state index contributed by atoms with van der Waals surface area (Å²) in [6.45, 7) is 1.85. The van der Waals surface area contributed by atoms with Crippen LogP contribution in [0.5, 0.6) is 11.5 Å². The second kappa shape index (κ2) is 2.89. The van der Waals surface area contributed by atoms with Crippen LogP contribution < -0.4 is 10.5 Å². The highest BCUT2D eigenvalue weighted by atomic mass is 16.5. The smallest absolute Gasteiger partial charge is 0.161 e. The number of nitrogens with two attached hydrogens (primary N) is 1. The maximum atomic E-state index is 9.64. The first-order valence-corrected chi connectivity index (χ1v) is 4.74. The first-order valence-electron chi connectivity index (χ1n) is 4.74. The third kappa shape index (κ3) is 1.34. The van der Waals surface area contributed by atoms with E-state index in [0.717, 1.165) is 24.0 Å². The number of aryl methyl sites for hydroxylation is 1. The molecule has 0 unspecified atom stereocenters. The van der Waals surface area contributed by atoms with E-state index in [-0.39, 0.29) is 11.3 Å². The molecular weight excluding hydrogens is 178 g/mol. The molecule has 0 saturated heterocycles. The van der Waals surface area contributed by atoms with Crippen molar-refractivity contribution in [3.63, 3.8) is 0 Å². The van der Waals surface area contributed by atoms with Gasteiger partial charge in [0.2, 0.25) is 0 Å². The van der Waals surface area contributed by atoms with Crippen LogP contribution in [0.15, 0.2) is 12.1 Å². The summed E-state index contributed by atoms with van der Waals surface area (Å²) in [5, 5.41) is 9.64. The zero-order valence-corrected chi connectivity index (χ0v) is 8.50. The Morgan fingerprint density at radius 3 is 2.57 bits per heavy atom. The van der Waals surface area contributed by atoms with Crippen LogP contribution in [0.25, 0.3) is 0 Å². The number of methoxy groups -OCH3 is 1. The van der Waals surface area contributed by atoms with Crippen LogP contribution in [0.2, 0.25) is 0 Å². The standard InChI is InChI=1S/C11H15NO2/c1-7-5-8(11(12)3-4-11)6-9(14-2)10(7)13/h5-6,13H,3-4,12H2,1-2H3. The third-order valence-corrected chi connectivity index (χ3v) is 2.85. The Morgan fingerprint density at radius 2 is 2.07 bits per heavy atom. The maximum absolute atomic E-state index is 9.64. The molecule has 0 bridgehead atoms. The minimum Gasteiger partial charge on any atom is -0.504 e. The van der Waals surface area contributed by atoms with Crippen molar-refractivity contribution in [1.29, 1.82) is 0 Å². The van der Waals surface area contributed by atoms with Crippen LogP contribution in [-0.2, 0) is 5.54 Å². The number of phenolic OH excluding ortho intramolecular Hbond substituents is 1. The molecule has 0 amide bonds. The summed E-state index contributed by atoms with van der Waals surface area (Å²) < 4.78 is 5.08. The van der Waals surface area contributed by atoms with Crippen molar-refractivity contribution in [2.75, 3.05) is 7.11 Å². The van der Waals surface area contributed by atoms with Gasteiger partial charge in [-0.1, -0.05) is 6.07 Å².